The third kappa shape index (κ3) is 3.34. The van der Waals surface area contributed by atoms with Crippen LogP contribution in [0.3, 0.4) is 0 Å². The molecule has 2 nitrogen and oxygen atoms in total. The van der Waals surface area contributed by atoms with Gasteiger partial charge >= 0.3 is 6.18 Å². The van der Waals surface area contributed by atoms with Gasteiger partial charge in [0.1, 0.15) is 11.6 Å². The number of halogens is 5. The normalized spacial score (nSPS) is 13.6. The monoisotopic (exact) mass is 301 g/mol. The van der Waals surface area contributed by atoms with Crippen molar-refractivity contribution in [1.82, 2.24) is 0 Å². The Morgan fingerprint density at radius 3 is 2.44 bits per heavy atom. The molecule has 0 aliphatic rings. The molecule has 0 saturated carbocycles. The molecule has 0 amide bonds. The fourth-order valence-electron chi connectivity index (χ4n) is 0.963. The van der Waals surface area contributed by atoms with Crippen molar-refractivity contribution in [2.75, 3.05) is 6.54 Å². The molecule has 7 heteroatoms. The average Bonchev–Trinajstić information content (AvgIpc) is 2.18. The van der Waals surface area contributed by atoms with Crippen molar-refractivity contribution in [1.29, 1.82) is 0 Å². The van der Waals surface area contributed by atoms with Crippen LogP contribution in [0.2, 0.25) is 0 Å². The molecule has 1 aromatic carbocycles. The van der Waals surface area contributed by atoms with Crippen molar-refractivity contribution in [3.05, 3.63) is 28.5 Å². The lowest BCUT2D eigenvalue weighted by atomic mass is 10.3. The molecular weight excluding hydrogens is 294 g/mol. The van der Waals surface area contributed by atoms with E-state index in [0.29, 0.717) is 0 Å². The Labute approximate surface area is 97.5 Å². The molecule has 1 rings (SSSR count). The van der Waals surface area contributed by atoms with E-state index < -0.39 is 24.6 Å². The van der Waals surface area contributed by atoms with E-state index in [1.165, 1.54) is 12.1 Å². The minimum absolute atomic E-state index is 0.149. The second-order valence-electron chi connectivity index (χ2n) is 2.96. The smallest absolute Gasteiger partial charge is 0.426 e. The maximum atomic E-state index is 13.0. The number of nitrogens with two attached hydrogens (primary N) is 1. The van der Waals surface area contributed by atoms with Gasteiger partial charge in [0.2, 0.25) is 6.10 Å². The number of ether oxygens (including phenoxy) is 1. The molecular formula is C9H8BrF4NO. The highest BCUT2D eigenvalue weighted by Gasteiger charge is 2.40. The van der Waals surface area contributed by atoms with Gasteiger partial charge in [0.15, 0.2) is 0 Å². The highest BCUT2D eigenvalue weighted by atomic mass is 79.9. The lowest BCUT2D eigenvalue weighted by Gasteiger charge is -2.20. The first kappa shape index (κ1) is 13.2. The summed E-state index contributed by atoms with van der Waals surface area (Å²) in [6.45, 7) is -0.721. The van der Waals surface area contributed by atoms with Gasteiger partial charge in [0.25, 0.3) is 0 Å². The lowest BCUT2D eigenvalue weighted by Crippen LogP contribution is -2.40. The minimum atomic E-state index is -4.57. The van der Waals surface area contributed by atoms with E-state index >= 15 is 0 Å². The third-order valence-corrected chi connectivity index (χ3v) is 2.39. The molecule has 1 aromatic rings. The number of rotatable bonds is 3. The molecule has 1 unspecified atom stereocenters. The molecule has 1 atom stereocenters. The first-order valence-electron chi connectivity index (χ1n) is 4.23. The van der Waals surface area contributed by atoms with E-state index in [2.05, 4.69) is 20.7 Å². The largest absolute Gasteiger partial charge is 0.479 e. The van der Waals surface area contributed by atoms with Gasteiger partial charge < -0.3 is 10.5 Å². The van der Waals surface area contributed by atoms with Gasteiger partial charge in [-0.05, 0) is 28.1 Å². The molecule has 0 radical (unpaired) electrons. The van der Waals surface area contributed by atoms with Crippen LogP contribution in [0.15, 0.2) is 22.7 Å². The molecule has 0 spiro atoms. The van der Waals surface area contributed by atoms with Crippen molar-refractivity contribution in [2.45, 2.75) is 12.3 Å². The molecule has 2 N–H and O–H groups in total. The Bertz CT molecular complexity index is 369. The van der Waals surface area contributed by atoms with Gasteiger partial charge in [-0.2, -0.15) is 13.2 Å². The molecule has 0 saturated heterocycles. The fourth-order valence-corrected chi connectivity index (χ4v) is 1.21. The van der Waals surface area contributed by atoms with Gasteiger partial charge in [0, 0.05) is 12.6 Å². The summed E-state index contributed by atoms with van der Waals surface area (Å²) in [4.78, 5) is 0. The molecule has 16 heavy (non-hydrogen) atoms. The lowest BCUT2D eigenvalue weighted by molar-refractivity contribution is -0.191. The van der Waals surface area contributed by atoms with Crippen LogP contribution >= 0.6 is 15.9 Å². The summed E-state index contributed by atoms with van der Waals surface area (Å²) in [5.74, 6) is -0.913. The first-order chi connectivity index (χ1) is 7.34. The van der Waals surface area contributed by atoms with E-state index in [4.69, 9.17) is 5.73 Å². The maximum absolute atomic E-state index is 13.0. The summed E-state index contributed by atoms with van der Waals surface area (Å²) in [6.07, 6.45) is -6.70. The molecule has 0 bridgehead atoms. The van der Waals surface area contributed by atoms with E-state index in [1.54, 1.807) is 0 Å². The van der Waals surface area contributed by atoms with Crippen molar-refractivity contribution in [3.8, 4) is 5.75 Å². The molecule has 0 aromatic heterocycles. The standard InChI is InChI=1S/C9H8BrF4NO/c10-6-2-1-5(3-7(6)11)16-8(4-15)9(12,13)14/h1-3,8H,4,15H2. The van der Waals surface area contributed by atoms with Gasteiger partial charge in [-0.1, -0.05) is 0 Å². The van der Waals surface area contributed by atoms with Gasteiger partial charge in [-0.3, -0.25) is 0 Å². The molecule has 90 valence electrons. The summed E-state index contributed by atoms with van der Waals surface area (Å²) < 4.78 is 54.5. The van der Waals surface area contributed by atoms with E-state index in [0.717, 1.165) is 6.07 Å². The first-order valence-corrected chi connectivity index (χ1v) is 5.02. The zero-order valence-corrected chi connectivity index (χ0v) is 9.48. The highest BCUT2D eigenvalue weighted by molar-refractivity contribution is 9.10. The van der Waals surface area contributed by atoms with Gasteiger partial charge in [0.05, 0.1) is 4.47 Å². The number of benzene rings is 1. The number of alkyl halides is 3. The van der Waals surface area contributed by atoms with Crippen LogP contribution in [0, 0.1) is 5.82 Å². The minimum Gasteiger partial charge on any atom is -0.479 e. The molecule has 0 heterocycles. The predicted molar refractivity (Wildman–Crippen MR) is 53.6 cm³/mol. The van der Waals surface area contributed by atoms with Gasteiger partial charge in [-0.25, -0.2) is 4.39 Å². The topological polar surface area (TPSA) is 35.2 Å². The SMILES string of the molecule is NCC(Oc1ccc(Br)c(F)c1)C(F)(F)F. The zero-order chi connectivity index (χ0) is 12.3. The van der Waals surface area contributed by atoms with Crippen LogP contribution in [-0.4, -0.2) is 18.8 Å². The second kappa shape index (κ2) is 5.01. The quantitative estimate of drug-likeness (QED) is 0.871. The van der Waals surface area contributed by atoms with Crippen molar-refractivity contribution in [2.24, 2.45) is 5.73 Å². The van der Waals surface area contributed by atoms with Crippen LogP contribution in [0.5, 0.6) is 5.75 Å². The highest BCUT2D eigenvalue weighted by Crippen LogP contribution is 2.26. The Morgan fingerprint density at radius 1 is 1.38 bits per heavy atom. The van der Waals surface area contributed by atoms with Crippen LogP contribution in [0.25, 0.3) is 0 Å². The van der Waals surface area contributed by atoms with E-state index in [-0.39, 0.29) is 10.2 Å². The predicted octanol–water partition coefficient (Wildman–Crippen LogP) is 2.86. The van der Waals surface area contributed by atoms with Crippen LogP contribution < -0.4 is 10.5 Å². The van der Waals surface area contributed by atoms with Crippen LogP contribution in [0.4, 0.5) is 17.6 Å². The van der Waals surface area contributed by atoms with Crippen LogP contribution in [-0.2, 0) is 0 Å². The summed E-state index contributed by atoms with van der Waals surface area (Å²) in [7, 11) is 0. The van der Waals surface area contributed by atoms with E-state index in [1.807, 2.05) is 0 Å². The van der Waals surface area contributed by atoms with Crippen LogP contribution in [0.1, 0.15) is 0 Å². The van der Waals surface area contributed by atoms with Crippen molar-refractivity contribution >= 4 is 15.9 Å². The van der Waals surface area contributed by atoms with E-state index in [9.17, 15) is 17.6 Å². The number of hydrogen-bond acceptors (Lipinski definition) is 2. The summed E-state index contributed by atoms with van der Waals surface area (Å²) in [5, 5.41) is 0. The molecule has 0 aliphatic carbocycles. The van der Waals surface area contributed by atoms with Crippen molar-refractivity contribution < 1.29 is 22.3 Å². The Kier molecular flexibility index (Phi) is 4.15. The van der Waals surface area contributed by atoms with Crippen molar-refractivity contribution in [3.63, 3.8) is 0 Å². The Balaban J connectivity index is 2.83. The third-order valence-electron chi connectivity index (χ3n) is 1.75. The second-order valence-corrected chi connectivity index (χ2v) is 3.81. The summed E-state index contributed by atoms with van der Waals surface area (Å²) in [6, 6.07) is 3.34. The molecule has 0 aliphatic heterocycles. The Morgan fingerprint density at radius 2 is 2.00 bits per heavy atom. The average molecular weight is 302 g/mol. The zero-order valence-electron chi connectivity index (χ0n) is 7.89. The number of hydrogen-bond donors (Lipinski definition) is 1. The summed E-state index contributed by atoms with van der Waals surface area (Å²) >= 11 is 2.87. The molecule has 0 fully saturated rings. The Hall–Kier alpha value is -0.820. The fraction of sp³-hybridized carbons (Fsp3) is 0.333. The summed E-state index contributed by atoms with van der Waals surface area (Å²) in [5.41, 5.74) is 4.93. The maximum Gasteiger partial charge on any atom is 0.426 e. The van der Waals surface area contributed by atoms with Gasteiger partial charge in [-0.15, -0.1) is 0 Å².